The largest absolute Gasteiger partial charge is 0.223 e. The van der Waals surface area contributed by atoms with Crippen molar-refractivity contribution in [3.8, 4) is 0 Å². The summed E-state index contributed by atoms with van der Waals surface area (Å²) < 4.78 is 0. The van der Waals surface area contributed by atoms with Gasteiger partial charge in [0, 0.05) is 23.2 Å². The van der Waals surface area contributed by atoms with Crippen LogP contribution in [0.15, 0.2) is 47.5 Å². The molecule has 0 saturated heterocycles. The average molecular weight is 404 g/mol. The van der Waals surface area contributed by atoms with Gasteiger partial charge >= 0.3 is 0 Å². The van der Waals surface area contributed by atoms with E-state index < -0.39 is 0 Å². The standard InChI is InChI=1S/C12H12P8/c1-2-12(10-20-8-6-14-16-18-20)4-3-11(1)9-19-7-5-13-15-17-19/h1-8H,9-10H2/q+2. The minimum atomic E-state index is 0.0878. The highest BCUT2D eigenvalue weighted by atomic mass is 32.3. The van der Waals surface area contributed by atoms with Crippen molar-refractivity contribution >= 4 is 60.3 Å². The first-order chi connectivity index (χ1) is 9.90. The lowest BCUT2D eigenvalue weighted by atomic mass is 10.2. The Morgan fingerprint density at radius 2 is 1.15 bits per heavy atom. The molecule has 0 spiro atoms. The van der Waals surface area contributed by atoms with Crippen LogP contribution in [0.3, 0.4) is 0 Å². The van der Waals surface area contributed by atoms with Crippen LogP contribution in [-0.4, -0.2) is 0 Å². The van der Waals surface area contributed by atoms with Crippen LogP contribution in [0, 0.1) is 0 Å². The summed E-state index contributed by atoms with van der Waals surface area (Å²) in [4.78, 5) is 0. The first kappa shape index (κ1) is 16.0. The van der Waals surface area contributed by atoms with Crippen LogP contribution in [0.5, 0.6) is 0 Å². The zero-order chi connectivity index (χ0) is 13.6. The predicted molar refractivity (Wildman–Crippen MR) is 107 cm³/mol. The molecule has 0 aliphatic rings. The molecule has 20 heavy (non-hydrogen) atoms. The zero-order valence-corrected chi connectivity index (χ0v) is 17.8. The monoisotopic (exact) mass is 404 g/mol. The fourth-order valence-electron chi connectivity index (χ4n) is 1.77. The van der Waals surface area contributed by atoms with Gasteiger partial charge in [-0.2, -0.15) is 0 Å². The van der Waals surface area contributed by atoms with Crippen molar-refractivity contribution in [2.24, 2.45) is 0 Å². The Balaban J connectivity index is 1.69. The molecule has 0 nitrogen and oxygen atoms in total. The summed E-state index contributed by atoms with van der Waals surface area (Å²) in [5.41, 5.74) is 3.04. The van der Waals surface area contributed by atoms with Crippen LogP contribution >= 0.6 is 60.3 Å². The van der Waals surface area contributed by atoms with Gasteiger partial charge < -0.3 is 0 Å². The van der Waals surface area contributed by atoms with Crippen LogP contribution in [0.25, 0.3) is 0 Å². The maximum absolute atomic E-state index is 2.45. The van der Waals surface area contributed by atoms with Crippen molar-refractivity contribution in [2.75, 3.05) is 0 Å². The Labute approximate surface area is 131 Å². The molecule has 2 unspecified atom stereocenters. The maximum atomic E-state index is 2.45. The van der Waals surface area contributed by atoms with Gasteiger partial charge in [0.25, 0.3) is 0 Å². The van der Waals surface area contributed by atoms with Gasteiger partial charge in [-0.1, -0.05) is 24.3 Å². The van der Waals surface area contributed by atoms with E-state index in [2.05, 4.69) is 47.5 Å². The van der Waals surface area contributed by atoms with E-state index >= 15 is 0 Å². The normalized spacial score (nSPS) is 14.6. The molecule has 0 saturated carbocycles. The van der Waals surface area contributed by atoms with Crippen LogP contribution in [0.2, 0.25) is 0 Å². The summed E-state index contributed by atoms with van der Waals surface area (Å²) in [5, 5.41) is 0. The second-order valence-corrected chi connectivity index (χ2v) is 22.0. The molecular weight excluding hydrogens is 392 g/mol. The second-order valence-electron chi connectivity index (χ2n) is 4.20. The van der Waals surface area contributed by atoms with Crippen LogP contribution in [0.4, 0.5) is 0 Å². The Hall–Kier alpha value is 1.10. The number of benzene rings is 1. The quantitative estimate of drug-likeness (QED) is 0.406. The molecule has 2 heterocycles. The van der Waals surface area contributed by atoms with Crippen molar-refractivity contribution in [1.29, 1.82) is 0 Å². The van der Waals surface area contributed by atoms with E-state index in [1.165, 1.54) is 39.2 Å². The zero-order valence-electron chi connectivity index (χ0n) is 10.6. The van der Waals surface area contributed by atoms with E-state index in [0.29, 0.717) is 0 Å². The van der Waals surface area contributed by atoms with Crippen molar-refractivity contribution in [1.82, 2.24) is 0 Å². The van der Waals surface area contributed by atoms with Gasteiger partial charge in [0.2, 0.25) is 30.2 Å². The smallest absolute Gasteiger partial charge is 0.0564 e. The molecule has 3 rings (SSSR count). The molecule has 0 aliphatic heterocycles. The lowest BCUT2D eigenvalue weighted by Gasteiger charge is -1.99. The topological polar surface area (TPSA) is 0 Å². The van der Waals surface area contributed by atoms with Crippen LogP contribution in [0.1, 0.15) is 11.1 Å². The number of hydrogen-bond acceptors (Lipinski definition) is 0. The minimum absolute atomic E-state index is 0.0878. The van der Waals surface area contributed by atoms with Gasteiger partial charge in [-0.25, -0.2) is 0 Å². The van der Waals surface area contributed by atoms with E-state index in [-0.39, 0.29) is 14.4 Å². The highest BCUT2D eigenvalue weighted by molar-refractivity contribution is 8.33. The summed E-state index contributed by atoms with van der Waals surface area (Å²) in [6.07, 6.45) is 2.53. The van der Waals surface area contributed by atoms with Crippen molar-refractivity contribution in [3.63, 3.8) is 0 Å². The average Bonchev–Trinajstić information content (AvgIpc) is 2.51. The van der Waals surface area contributed by atoms with Gasteiger partial charge in [0.15, 0.2) is 0 Å². The van der Waals surface area contributed by atoms with Gasteiger partial charge in [-0.05, 0) is 11.1 Å². The highest BCUT2D eigenvalue weighted by Gasteiger charge is 2.06. The molecular formula is C12H12P8+2. The number of rotatable bonds is 4. The SMILES string of the molecule is c1c[p+](Cc2ccc(C[p+]3ccppp3)cc2)ppp1. The van der Waals surface area contributed by atoms with E-state index in [1.807, 2.05) is 0 Å². The second kappa shape index (κ2) is 8.66. The summed E-state index contributed by atoms with van der Waals surface area (Å²) in [7, 11) is 9.54. The number of hydrogen-bond donors (Lipinski definition) is 0. The molecule has 2 atom stereocenters. The molecule has 0 N–H and O–H groups in total. The highest BCUT2D eigenvalue weighted by Crippen LogP contribution is 2.50. The Bertz CT molecular complexity index is 596. The first-order valence-electron chi connectivity index (χ1n) is 6.06. The summed E-state index contributed by atoms with van der Waals surface area (Å²) in [6.45, 7) is 0. The maximum Gasteiger partial charge on any atom is 0.223 e. The predicted octanol–water partition coefficient (Wildman–Crippen LogP) is 9.80. The molecule has 1 aromatic carbocycles. The van der Waals surface area contributed by atoms with Crippen LogP contribution in [-0.2, 0) is 12.3 Å². The Kier molecular flexibility index (Phi) is 6.92. The molecule has 2 aromatic heterocycles. The summed E-state index contributed by atoms with van der Waals surface area (Å²) in [5.74, 6) is 9.59. The molecule has 3 aromatic rings. The third kappa shape index (κ3) is 5.08. The molecule has 0 aliphatic carbocycles. The van der Waals surface area contributed by atoms with Gasteiger partial charge in [0.1, 0.15) is 0 Å². The van der Waals surface area contributed by atoms with Crippen molar-refractivity contribution in [2.45, 2.75) is 12.3 Å². The Morgan fingerprint density at radius 1 is 0.700 bits per heavy atom. The van der Waals surface area contributed by atoms with Gasteiger partial charge in [-0.15, -0.1) is 0 Å². The van der Waals surface area contributed by atoms with E-state index in [0.717, 1.165) is 0 Å². The molecule has 0 amide bonds. The summed E-state index contributed by atoms with van der Waals surface area (Å²) >= 11 is 0. The Morgan fingerprint density at radius 3 is 1.50 bits per heavy atom. The van der Waals surface area contributed by atoms with E-state index in [9.17, 15) is 0 Å². The lowest BCUT2D eigenvalue weighted by molar-refractivity contribution is 1.34. The van der Waals surface area contributed by atoms with Crippen molar-refractivity contribution in [3.05, 3.63) is 58.6 Å². The molecule has 98 valence electrons. The molecule has 0 bridgehead atoms. The minimum Gasteiger partial charge on any atom is -0.0564 e. The van der Waals surface area contributed by atoms with Gasteiger partial charge in [-0.3, -0.25) is 0 Å². The van der Waals surface area contributed by atoms with Crippen LogP contribution < -0.4 is 0 Å². The first-order valence-corrected chi connectivity index (χ1v) is 19.0. The molecule has 0 fully saturated rings. The molecule has 8 heteroatoms. The third-order valence-corrected chi connectivity index (χ3v) is 23.6. The van der Waals surface area contributed by atoms with Gasteiger partial charge in [0.05, 0.1) is 42.5 Å². The molecule has 0 radical (unpaired) electrons. The fraction of sp³-hybridized carbons (Fsp3) is 0.167. The van der Waals surface area contributed by atoms with Crippen molar-refractivity contribution < 1.29 is 0 Å². The third-order valence-electron chi connectivity index (χ3n) is 2.74. The van der Waals surface area contributed by atoms with E-state index in [4.69, 9.17) is 0 Å². The summed E-state index contributed by atoms with van der Waals surface area (Å²) in [6, 6.07) is 9.44. The lowest BCUT2D eigenvalue weighted by Crippen LogP contribution is -1.81. The fourth-order valence-corrected chi connectivity index (χ4v) is 24.7. The van der Waals surface area contributed by atoms with E-state index in [1.54, 1.807) is 30.2 Å².